The summed E-state index contributed by atoms with van der Waals surface area (Å²) in [6.45, 7) is 6.14. The second-order valence-electron chi connectivity index (χ2n) is 8.33. The summed E-state index contributed by atoms with van der Waals surface area (Å²) in [5.41, 5.74) is 2.74. The van der Waals surface area contributed by atoms with E-state index in [2.05, 4.69) is 28.4 Å². The van der Waals surface area contributed by atoms with E-state index in [1.165, 1.54) is 23.9 Å². The number of hydrogen-bond donors (Lipinski definition) is 2. The van der Waals surface area contributed by atoms with Crippen LogP contribution in [0.4, 0.5) is 32.0 Å². The van der Waals surface area contributed by atoms with Crippen molar-refractivity contribution in [1.82, 2.24) is 10.5 Å². The highest BCUT2D eigenvalue weighted by atomic mass is 19.4. The second-order valence-corrected chi connectivity index (χ2v) is 8.33. The SMILES string of the molecule is CCN(CCNC(=O)CCc1cnoc1-c1ccc(C(F)(F)F)cc1)c1cccc(C)c1.O=C(O)C(F)(F)F. The molecule has 0 radical (unpaired) electrons. The van der Waals surface area contributed by atoms with E-state index in [1.807, 2.05) is 25.1 Å². The predicted molar refractivity (Wildman–Crippen MR) is 131 cm³/mol. The van der Waals surface area contributed by atoms with Crippen LogP contribution >= 0.6 is 0 Å². The molecule has 212 valence electrons. The molecule has 0 aliphatic carbocycles. The minimum Gasteiger partial charge on any atom is -0.475 e. The number of amides is 1. The van der Waals surface area contributed by atoms with Crippen LogP contribution in [0, 0.1) is 6.92 Å². The largest absolute Gasteiger partial charge is 0.490 e. The topological polar surface area (TPSA) is 95.7 Å². The third kappa shape index (κ3) is 9.98. The number of benzene rings is 2. The van der Waals surface area contributed by atoms with Gasteiger partial charge in [0.2, 0.25) is 5.91 Å². The molecule has 13 heteroatoms. The lowest BCUT2D eigenvalue weighted by Crippen LogP contribution is -2.35. The van der Waals surface area contributed by atoms with E-state index in [9.17, 15) is 31.1 Å². The van der Waals surface area contributed by atoms with E-state index in [0.717, 1.165) is 24.4 Å². The molecule has 0 atom stereocenters. The lowest BCUT2D eigenvalue weighted by atomic mass is 10.0. The normalized spacial score (nSPS) is 11.4. The Morgan fingerprint density at radius 2 is 1.69 bits per heavy atom. The van der Waals surface area contributed by atoms with Crippen molar-refractivity contribution < 1.29 is 45.6 Å². The number of rotatable bonds is 9. The Morgan fingerprint density at radius 1 is 1.05 bits per heavy atom. The highest BCUT2D eigenvalue weighted by molar-refractivity contribution is 5.76. The van der Waals surface area contributed by atoms with Crippen LogP contribution in [0.25, 0.3) is 11.3 Å². The number of carboxylic acids is 1. The fourth-order valence-electron chi connectivity index (χ4n) is 3.45. The molecule has 0 fully saturated rings. The number of aliphatic carboxylic acids is 1. The second kappa shape index (κ2) is 13.7. The Labute approximate surface area is 220 Å². The third-order valence-electron chi connectivity index (χ3n) is 5.43. The first-order valence-electron chi connectivity index (χ1n) is 11.7. The van der Waals surface area contributed by atoms with Crippen LogP contribution < -0.4 is 10.2 Å². The van der Waals surface area contributed by atoms with Crippen LogP contribution in [0.2, 0.25) is 0 Å². The Morgan fingerprint density at radius 3 is 2.23 bits per heavy atom. The van der Waals surface area contributed by atoms with Crippen molar-refractivity contribution in [2.24, 2.45) is 0 Å². The highest BCUT2D eigenvalue weighted by Crippen LogP contribution is 2.32. The average molecular weight is 560 g/mol. The van der Waals surface area contributed by atoms with E-state index >= 15 is 0 Å². The number of aromatic nitrogens is 1. The van der Waals surface area contributed by atoms with Gasteiger partial charge in [-0.05, 0) is 50.1 Å². The van der Waals surface area contributed by atoms with Crippen LogP contribution in [0.3, 0.4) is 0 Å². The zero-order valence-corrected chi connectivity index (χ0v) is 21.1. The van der Waals surface area contributed by atoms with Crippen LogP contribution in [-0.2, 0) is 22.2 Å². The number of hydrogen-bond acceptors (Lipinski definition) is 5. The first kappa shape index (κ1) is 31.2. The van der Waals surface area contributed by atoms with Gasteiger partial charge in [-0.3, -0.25) is 4.79 Å². The minimum absolute atomic E-state index is 0.107. The summed E-state index contributed by atoms with van der Waals surface area (Å²) in [4.78, 5) is 23.4. The molecule has 0 aliphatic rings. The van der Waals surface area contributed by atoms with E-state index in [4.69, 9.17) is 14.4 Å². The molecule has 39 heavy (non-hydrogen) atoms. The van der Waals surface area contributed by atoms with Gasteiger partial charge in [-0.25, -0.2) is 4.79 Å². The van der Waals surface area contributed by atoms with Crippen molar-refractivity contribution in [3.8, 4) is 11.3 Å². The van der Waals surface area contributed by atoms with Gasteiger partial charge in [-0.1, -0.05) is 29.4 Å². The van der Waals surface area contributed by atoms with Crippen molar-refractivity contribution in [3.63, 3.8) is 0 Å². The molecule has 0 aliphatic heterocycles. The Hall–Kier alpha value is -4.03. The maximum atomic E-state index is 12.8. The number of halogens is 6. The van der Waals surface area contributed by atoms with Crippen LogP contribution in [-0.4, -0.2) is 48.0 Å². The summed E-state index contributed by atoms with van der Waals surface area (Å²) in [5, 5.41) is 13.8. The molecule has 2 aromatic carbocycles. The summed E-state index contributed by atoms with van der Waals surface area (Å²) in [7, 11) is 0. The quantitative estimate of drug-likeness (QED) is 0.318. The summed E-state index contributed by atoms with van der Waals surface area (Å²) in [5.74, 6) is -2.49. The summed E-state index contributed by atoms with van der Waals surface area (Å²) in [6, 6.07) is 12.9. The minimum atomic E-state index is -5.08. The van der Waals surface area contributed by atoms with Crippen molar-refractivity contribution in [2.75, 3.05) is 24.5 Å². The lowest BCUT2D eigenvalue weighted by Gasteiger charge is -2.23. The van der Waals surface area contributed by atoms with E-state index in [-0.39, 0.29) is 12.3 Å². The van der Waals surface area contributed by atoms with Gasteiger partial charge < -0.3 is 19.8 Å². The standard InChI is InChI=1S/C24H26F3N3O2.C2HF3O2/c1-3-30(21-6-4-5-17(2)15-21)14-13-28-22(31)12-9-19-16-29-32-23(19)18-7-10-20(11-8-18)24(25,26)27;3-2(4,5)1(6)7/h4-8,10-11,15-16H,3,9,12-14H2,1-2H3,(H,28,31);(H,6,7). The van der Waals surface area contributed by atoms with Crippen LogP contribution in [0.1, 0.15) is 30.0 Å². The van der Waals surface area contributed by atoms with Crippen LogP contribution in [0.5, 0.6) is 0 Å². The van der Waals surface area contributed by atoms with E-state index in [0.29, 0.717) is 36.4 Å². The number of alkyl halides is 6. The molecule has 1 aromatic heterocycles. The predicted octanol–water partition coefficient (Wildman–Crippen LogP) is 5.88. The summed E-state index contributed by atoms with van der Waals surface area (Å²) >= 11 is 0. The van der Waals surface area contributed by atoms with Gasteiger partial charge in [0.1, 0.15) is 0 Å². The zero-order chi connectivity index (χ0) is 29.2. The third-order valence-corrected chi connectivity index (χ3v) is 5.43. The fourth-order valence-corrected chi connectivity index (χ4v) is 3.45. The zero-order valence-electron chi connectivity index (χ0n) is 21.1. The summed E-state index contributed by atoms with van der Waals surface area (Å²) in [6.07, 6.45) is -7.38. The summed E-state index contributed by atoms with van der Waals surface area (Å²) < 4.78 is 75.2. The first-order chi connectivity index (χ1) is 18.2. The van der Waals surface area contributed by atoms with Crippen molar-refractivity contribution in [1.29, 1.82) is 0 Å². The molecule has 0 unspecified atom stereocenters. The van der Waals surface area contributed by atoms with Crippen LogP contribution in [0.15, 0.2) is 59.3 Å². The number of likely N-dealkylation sites (N-methyl/N-ethyl adjacent to an activating group) is 1. The molecular formula is C26H27F6N3O4. The van der Waals surface area contributed by atoms with Gasteiger partial charge in [0.25, 0.3) is 0 Å². The van der Waals surface area contributed by atoms with Gasteiger partial charge in [0, 0.05) is 42.9 Å². The molecule has 2 N–H and O–H groups in total. The van der Waals surface area contributed by atoms with E-state index in [1.54, 1.807) is 0 Å². The van der Waals surface area contributed by atoms with E-state index < -0.39 is 23.9 Å². The molecule has 3 aromatic rings. The highest BCUT2D eigenvalue weighted by Gasteiger charge is 2.38. The maximum absolute atomic E-state index is 12.8. The van der Waals surface area contributed by atoms with Crippen molar-refractivity contribution >= 4 is 17.6 Å². The molecule has 0 spiro atoms. The number of carbonyl (C=O) groups is 2. The Bertz CT molecular complexity index is 1220. The molecule has 1 heterocycles. The first-order valence-corrected chi connectivity index (χ1v) is 11.7. The number of carboxylic acid groups (broad SMARTS) is 1. The van der Waals surface area contributed by atoms with Gasteiger partial charge in [-0.2, -0.15) is 26.3 Å². The number of carbonyl (C=O) groups excluding carboxylic acids is 1. The van der Waals surface area contributed by atoms with Gasteiger partial charge in [0.15, 0.2) is 5.76 Å². The molecule has 7 nitrogen and oxygen atoms in total. The number of nitrogens with zero attached hydrogens (tertiary/aromatic N) is 2. The molecular weight excluding hydrogens is 532 g/mol. The Kier molecular flexibility index (Phi) is 10.9. The molecule has 0 bridgehead atoms. The molecule has 0 saturated heterocycles. The monoisotopic (exact) mass is 559 g/mol. The average Bonchev–Trinajstić information content (AvgIpc) is 3.33. The van der Waals surface area contributed by atoms with Gasteiger partial charge in [-0.15, -0.1) is 0 Å². The fraction of sp³-hybridized carbons (Fsp3) is 0.346. The van der Waals surface area contributed by atoms with Crippen molar-refractivity contribution in [3.05, 3.63) is 71.4 Å². The lowest BCUT2D eigenvalue weighted by molar-refractivity contribution is -0.192. The smallest absolute Gasteiger partial charge is 0.475 e. The van der Waals surface area contributed by atoms with Gasteiger partial charge >= 0.3 is 18.3 Å². The number of anilines is 1. The number of aryl methyl sites for hydroxylation is 2. The molecule has 1 amide bonds. The molecule has 0 saturated carbocycles. The Balaban J connectivity index is 0.000000673. The molecule has 3 rings (SSSR count). The van der Waals surface area contributed by atoms with Gasteiger partial charge in [0.05, 0.1) is 11.8 Å². The number of nitrogens with one attached hydrogen (secondary N) is 1. The van der Waals surface area contributed by atoms with Crippen molar-refractivity contribution in [2.45, 2.75) is 39.0 Å². The maximum Gasteiger partial charge on any atom is 0.490 e.